The molecule has 0 aliphatic carbocycles. The van der Waals surface area contributed by atoms with E-state index in [4.69, 9.17) is 14.5 Å². The van der Waals surface area contributed by atoms with Crippen LogP contribution in [0.3, 0.4) is 0 Å². The van der Waals surface area contributed by atoms with Gasteiger partial charge in [0, 0.05) is 32.4 Å². The molecule has 3 aromatic rings. The third-order valence-corrected chi connectivity index (χ3v) is 9.12. The minimum Gasteiger partial charge on any atom is -0.496 e. The highest BCUT2D eigenvalue weighted by Gasteiger charge is 2.45. The largest absolute Gasteiger partial charge is 0.496 e. The highest BCUT2D eigenvalue weighted by atomic mass is 16.5. The van der Waals surface area contributed by atoms with Gasteiger partial charge in [0.15, 0.2) is 5.70 Å². The van der Waals surface area contributed by atoms with Crippen molar-refractivity contribution >= 4 is 40.5 Å². The number of rotatable bonds is 8. The Morgan fingerprint density at radius 1 is 1.07 bits per heavy atom. The van der Waals surface area contributed by atoms with Crippen LogP contribution in [0.25, 0.3) is 10.9 Å². The summed E-state index contributed by atoms with van der Waals surface area (Å²) in [5.41, 5.74) is 4.96. The predicted molar refractivity (Wildman–Crippen MR) is 176 cm³/mol. The van der Waals surface area contributed by atoms with Crippen molar-refractivity contribution in [2.75, 3.05) is 60.3 Å². The molecule has 1 N–H and O–H groups in total. The molecule has 6 rings (SSSR count). The number of methoxy groups -OCH3 is 2. The van der Waals surface area contributed by atoms with Crippen molar-refractivity contribution in [3.63, 3.8) is 0 Å². The van der Waals surface area contributed by atoms with E-state index in [1.54, 1.807) is 33.2 Å². The van der Waals surface area contributed by atoms with E-state index >= 15 is 0 Å². The molecule has 3 aliphatic rings. The van der Waals surface area contributed by atoms with Crippen LogP contribution >= 0.6 is 0 Å². The number of carbonyl (C=O) groups is 2. The number of nitrogens with zero attached hydrogens (tertiary/aromatic N) is 6. The van der Waals surface area contributed by atoms with Gasteiger partial charge < -0.3 is 24.3 Å². The molecule has 0 saturated carbocycles. The fourth-order valence-electron chi connectivity index (χ4n) is 6.43. The second kappa shape index (κ2) is 12.0. The maximum absolute atomic E-state index is 13.5. The van der Waals surface area contributed by atoms with Gasteiger partial charge in [-0.05, 0) is 62.3 Å². The van der Waals surface area contributed by atoms with Crippen LogP contribution in [0.4, 0.5) is 5.69 Å². The van der Waals surface area contributed by atoms with Crippen LogP contribution in [-0.4, -0.2) is 97.7 Å². The van der Waals surface area contributed by atoms with Crippen molar-refractivity contribution in [3.05, 3.63) is 77.5 Å². The van der Waals surface area contributed by atoms with Crippen molar-refractivity contribution in [2.24, 2.45) is 23.0 Å². The molecule has 0 spiro atoms. The molecule has 2 amide bonds. The van der Waals surface area contributed by atoms with E-state index in [2.05, 4.69) is 22.3 Å². The van der Waals surface area contributed by atoms with Gasteiger partial charge in [0.1, 0.15) is 29.1 Å². The van der Waals surface area contributed by atoms with Crippen molar-refractivity contribution in [1.82, 2.24) is 14.4 Å². The fraction of sp³-hybridized carbons (Fsp3) is 0.353. The highest BCUT2D eigenvalue weighted by molar-refractivity contribution is 6.08. The van der Waals surface area contributed by atoms with Crippen molar-refractivity contribution < 1.29 is 23.5 Å². The number of allylic oxidation sites excluding steroid dienone is 2. The minimum absolute atomic E-state index is 0.122. The molecule has 234 valence electrons. The number of fused-ring (bicyclic) bond motifs is 2. The first-order valence-corrected chi connectivity index (χ1v) is 15.1. The molecular weight excluding hydrogens is 570 g/mol. The Bertz CT molecular complexity index is 1790. The van der Waals surface area contributed by atoms with Gasteiger partial charge in [-0.1, -0.05) is 6.07 Å². The Balaban J connectivity index is 1.25. The Hall–Kier alpha value is -4.74. The molecule has 1 atom stereocenters. The standard InChI is InChI=1S/C34H39N7O4/c1-38(2)31(42)21-40-15-12-22(13-16-40)32-28-20-35-14-17-41(28,4)33(37-32)23-10-11-25(30(18-23)45-6)36-34(43)27-19-24-26(39(27)3)8-7-9-29(24)44-5/h7-11,14,17-20,22H,12-13,15-16,21H2,1-6H3/p+1. The Morgan fingerprint density at radius 2 is 1.82 bits per heavy atom. The molecule has 1 aromatic heterocycles. The van der Waals surface area contributed by atoms with E-state index in [1.807, 2.05) is 72.7 Å². The van der Waals surface area contributed by atoms with Crippen LogP contribution in [0.15, 0.2) is 76.2 Å². The zero-order chi connectivity index (χ0) is 31.9. The summed E-state index contributed by atoms with van der Waals surface area (Å²) in [5.74, 6) is 2.25. The molecule has 45 heavy (non-hydrogen) atoms. The first kappa shape index (κ1) is 30.3. The van der Waals surface area contributed by atoms with Crippen LogP contribution in [0.1, 0.15) is 28.9 Å². The number of aliphatic imine (C=N–C) groups is 2. The van der Waals surface area contributed by atoms with Gasteiger partial charge >= 0.3 is 0 Å². The number of anilines is 1. The lowest BCUT2D eigenvalue weighted by Crippen LogP contribution is -2.43. The summed E-state index contributed by atoms with van der Waals surface area (Å²) in [6.45, 7) is 2.12. The lowest BCUT2D eigenvalue weighted by Gasteiger charge is -2.32. The zero-order valence-corrected chi connectivity index (χ0v) is 26.7. The van der Waals surface area contributed by atoms with Gasteiger partial charge in [-0.2, -0.15) is 4.99 Å². The van der Waals surface area contributed by atoms with Crippen molar-refractivity contribution in [3.8, 4) is 11.5 Å². The second-order valence-electron chi connectivity index (χ2n) is 12.0. The van der Waals surface area contributed by atoms with Gasteiger partial charge in [-0.25, -0.2) is 4.48 Å². The summed E-state index contributed by atoms with van der Waals surface area (Å²) < 4.78 is 13.5. The predicted octanol–water partition coefficient (Wildman–Crippen LogP) is 4.22. The Kier molecular flexibility index (Phi) is 8.07. The lowest BCUT2D eigenvalue weighted by molar-refractivity contribution is -0.713. The molecular formula is C34H40N7O4+. The number of ether oxygens (including phenoxy) is 2. The number of likely N-dealkylation sites (tertiary alicyclic amines) is 1. The van der Waals surface area contributed by atoms with Gasteiger partial charge in [0.05, 0.1) is 57.0 Å². The molecule has 1 unspecified atom stereocenters. The topological polar surface area (TPSA) is 101 Å². The summed E-state index contributed by atoms with van der Waals surface area (Å²) in [6.07, 6.45) is 7.60. The van der Waals surface area contributed by atoms with E-state index < -0.39 is 0 Å². The number of aryl methyl sites for hydroxylation is 1. The number of amidine groups is 1. The average Bonchev–Trinajstić information content (AvgIpc) is 3.55. The van der Waals surface area contributed by atoms with Gasteiger partial charge in [-0.15, -0.1) is 0 Å². The number of hydrogen-bond donors (Lipinski definition) is 1. The first-order chi connectivity index (χ1) is 21.6. The van der Waals surface area contributed by atoms with Crippen LogP contribution in [0.5, 0.6) is 11.5 Å². The lowest BCUT2D eigenvalue weighted by atomic mass is 9.92. The molecule has 3 aliphatic heterocycles. The van der Waals surface area contributed by atoms with Gasteiger partial charge in [0.25, 0.3) is 5.91 Å². The normalized spacial score (nSPS) is 19.9. The Morgan fingerprint density at radius 3 is 2.53 bits per heavy atom. The fourth-order valence-corrected chi connectivity index (χ4v) is 6.43. The summed E-state index contributed by atoms with van der Waals surface area (Å²) in [7, 11) is 10.8. The minimum atomic E-state index is -0.251. The first-order valence-electron chi connectivity index (χ1n) is 15.1. The highest BCUT2D eigenvalue weighted by Crippen LogP contribution is 2.40. The summed E-state index contributed by atoms with van der Waals surface area (Å²) in [6, 6.07) is 13.4. The van der Waals surface area contributed by atoms with Crippen LogP contribution < -0.4 is 14.8 Å². The zero-order valence-electron chi connectivity index (χ0n) is 26.7. The second-order valence-corrected chi connectivity index (χ2v) is 12.0. The molecule has 11 nitrogen and oxygen atoms in total. The SMILES string of the molecule is COc1cc(C2=NC(C3CCN(CC(=O)N(C)C)CC3)=C3C=NC=C[N+]23C)ccc1NC(=O)c1cc2c(OC)cccc2n1C. The van der Waals surface area contributed by atoms with Crippen molar-refractivity contribution in [2.45, 2.75) is 12.8 Å². The number of carbonyl (C=O) groups excluding carboxylic acids is 2. The monoisotopic (exact) mass is 610 g/mol. The molecule has 4 heterocycles. The van der Waals surface area contributed by atoms with Crippen LogP contribution in [0, 0.1) is 5.92 Å². The smallest absolute Gasteiger partial charge is 0.272 e. The molecule has 2 aromatic carbocycles. The van der Waals surface area contributed by atoms with E-state index in [-0.39, 0.29) is 17.7 Å². The molecule has 1 saturated heterocycles. The van der Waals surface area contributed by atoms with Gasteiger partial charge in [-0.3, -0.25) is 19.5 Å². The summed E-state index contributed by atoms with van der Waals surface area (Å²) in [5, 5.41) is 3.91. The quantitative estimate of drug-likeness (QED) is 0.385. The summed E-state index contributed by atoms with van der Waals surface area (Å²) >= 11 is 0. The summed E-state index contributed by atoms with van der Waals surface area (Å²) in [4.78, 5) is 39.3. The van der Waals surface area contributed by atoms with E-state index in [1.165, 1.54) is 0 Å². The molecule has 1 fully saturated rings. The molecule has 0 bridgehead atoms. The number of nitrogens with one attached hydrogen (secondary N) is 1. The molecule has 11 heteroatoms. The number of hydrogen-bond acceptors (Lipinski definition) is 7. The number of likely N-dealkylation sites (N-methyl/N-ethyl adjacent to an activating group) is 1. The Labute approximate surface area is 263 Å². The average molecular weight is 611 g/mol. The number of benzene rings is 2. The van der Waals surface area contributed by atoms with E-state index in [9.17, 15) is 9.59 Å². The number of piperidine rings is 1. The van der Waals surface area contributed by atoms with Crippen LogP contribution in [-0.2, 0) is 11.8 Å². The third kappa shape index (κ3) is 5.42. The molecule has 0 radical (unpaired) electrons. The van der Waals surface area contributed by atoms with Gasteiger partial charge in [0.2, 0.25) is 11.7 Å². The van der Waals surface area contributed by atoms with E-state index in [0.717, 1.165) is 59.6 Å². The number of quaternary nitrogens is 1. The van der Waals surface area contributed by atoms with Crippen LogP contribution in [0.2, 0.25) is 0 Å². The van der Waals surface area contributed by atoms with E-state index in [0.29, 0.717) is 33.9 Å². The van der Waals surface area contributed by atoms with Crippen molar-refractivity contribution in [1.29, 1.82) is 0 Å². The maximum atomic E-state index is 13.5. The third-order valence-electron chi connectivity index (χ3n) is 9.12. The number of aromatic nitrogens is 1. The number of amides is 2. The maximum Gasteiger partial charge on any atom is 0.272 e.